The number of benzene rings is 2. The van der Waals surface area contributed by atoms with E-state index in [1.807, 2.05) is 6.92 Å². The van der Waals surface area contributed by atoms with Gasteiger partial charge in [-0.15, -0.1) is 0 Å². The van der Waals surface area contributed by atoms with Crippen molar-refractivity contribution in [2.24, 2.45) is 7.05 Å². The average Bonchev–Trinajstić information content (AvgIpc) is 3.29. The smallest absolute Gasteiger partial charge is 0.383 e. The molecule has 8 nitrogen and oxygen atoms in total. The van der Waals surface area contributed by atoms with Crippen molar-refractivity contribution in [2.45, 2.75) is 19.1 Å². The molecule has 0 radical (unpaired) electrons. The molecular weight excluding hydrogens is 483 g/mol. The van der Waals surface area contributed by atoms with Crippen LogP contribution in [0.25, 0.3) is 33.1 Å². The average molecular weight is 506 g/mol. The summed E-state index contributed by atoms with van der Waals surface area (Å²) < 4.78 is 40.2. The fourth-order valence-corrected chi connectivity index (χ4v) is 4.22. The summed E-state index contributed by atoms with van der Waals surface area (Å²) in [6.07, 6.45) is -2.76. The molecule has 2 N–H and O–H groups in total. The molecule has 0 bridgehead atoms. The fourth-order valence-electron chi connectivity index (χ4n) is 4.22. The van der Waals surface area contributed by atoms with Crippen LogP contribution in [0.3, 0.4) is 0 Å². The number of pyridine rings is 1. The Hall–Kier alpha value is -4.54. The van der Waals surface area contributed by atoms with Gasteiger partial charge in [-0.3, -0.25) is 9.48 Å². The van der Waals surface area contributed by atoms with Gasteiger partial charge in [-0.1, -0.05) is 12.1 Å². The molecule has 11 heteroatoms. The molecule has 0 aliphatic rings. The summed E-state index contributed by atoms with van der Waals surface area (Å²) in [5.74, 6) is 0.147. The zero-order chi connectivity index (χ0) is 26.5. The largest absolute Gasteiger partial charge is 0.416 e. The Bertz CT molecular complexity index is 1630. The Morgan fingerprint density at radius 2 is 1.76 bits per heavy atom. The minimum atomic E-state index is -4.40. The molecule has 0 spiro atoms. The highest BCUT2D eigenvalue weighted by Gasteiger charge is 2.30. The monoisotopic (exact) mass is 505 g/mol. The van der Waals surface area contributed by atoms with E-state index in [1.165, 1.54) is 12.1 Å². The lowest BCUT2D eigenvalue weighted by molar-refractivity contribution is -0.137. The molecule has 37 heavy (non-hydrogen) atoms. The highest BCUT2D eigenvalue weighted by molar-refractivity contribution is 6.10. The van der Waals surface area contributed by atoms with Gasteiger partial charge >= 0.3 is 6.18 Å². The van der Waals surface area contributed by atoms with Gasteiger partial charge in [0.15, 0.2) is 0 Å². The topological polar surface area (TPSA) is 103 Å². The van der Waals surface area contributed by atoms with Gasteiger partial charge in [-0.05, 0) is 49.4 Å². The maximum Gasteiger partial charge on any atom is 0.416 e. The van der Waals surface area contributed by atoms with Crippen molar-refractivity contribution in [2.75, 3.05) is 12.8 Å². The minimum absolute atomic E-state index is 0.227. The van der Waals surface area contributed by atoms with Crippen molar-refractivity contribution in [3.05, 3.63) is 77.6 Å². The molecule has 5 aromatic rings. The number of aromatic nitrogens is 5. The standard InChI is InChI=1S/C26H22F3N7O/c1-14(20-10-11-21(34-33-20)15-4-7-17(8-5-15)26(27,28)29)35(2)25(37)16-6-9-22-18(12-16)23-19(24(30)32-22)13-31-36(23)3/h4-14H,1-3H3,(H2,30,32)/t14-/m1/s1. The Balaban J connectivity index is 1.39. The van der Waals surface area contributed by atoms with Crippen molar-refractivity contribution in [1.29, 1.82) is 0 Å². The molecule has 0 fully saturated rings. The predicted molar refractivity (Wildman–Crippen MR) is 133 cm³/mol. The number of halogens is 3. The molecule has 0 saturated heterocycles. The molecule has 3 heterocycles. The van der Waals surface area contributed by atoms with Crippen molar-refractivity contribution in [3.63, 3.8) is 0 Å². The van der Waals surface area contributed by atoms with Crippen LogP contribution in [0.2, 0.25) is 0 Å². The van der Waals surface area contributed by atoms with E-state index < -0.39 is 17.8 Å². The third kappa shape index (κ3) is 4.32. The molecule has 0 saturated carbocycles. The number of rotatable bonds is 4. The van der Waals surface area contributed by atoms with Gasteiger partial charge in [0.05, 0.1) is 45.6 Å². The van der Waals surface area contributed by atoms with E-state index in [9.17, 15) is 18.0 Å². The molecule has 2 aromatic carbocycles. The highest BCUT2D eigenvalue weighted by Crippen LogP contribution is 2.31. The third-order valence-electron chi connectivity index (χ3n) is 6.48. The molecular formula is C26H22F3N7O. The summed E-state index contributed by atoms with van der Waals surface area (Å²) in [4.78, 5) is 19.3. The maximum atomic E-state index is 13.3. The first kappa shape index (κ1) is 24.2. The van der Waals surface area contributed by atoms with E-state index in [1.54, 1.807) is 60.2 Å². The number of amides is 1. The van der Waals surface area contributed by atoms with Crippen LogP contribution in [0.15, 0.2) is 60.8 Å². The normalized spacial score (nSPS) is 12.7. The van der Waals surface area contributed by atoms with Crippen LogP contribution in [-0.2, 0) is 13.2 Å². The van der Waals surface area contributed by atoms with E-state index >= 15 is 0 Å². The van der Waals surface area contributed by atoms with Crippen molar-refractivity contribution in [3.8, 4) is 11.3 Å². The molecule has 5 rings (SSSR count). The number of fused-ring (bicyclic) bond motifs is 3. The second-order valence-corrected chi connectivity index (χ2v) is 8.77. The van der Waals surface area contributed by atoms with E-state index in [2.05, 4.69) is 20.3 Å². The van der Waals surface area contributed by atoms with Gasteiger partial charge in [0.2, 0.25) is 0 Å². The number of carbonyl (C=O) groups excluding carboxylic acids is 1. The first-order valence-electron chi connectivity index (χ1n) is 11.3. The number of carbonyl (C=O) groups is 1. The molecule has 1 amide bonds. The summed E-state index contributed by atoms with van der Waals surface area (Å²) in [7, 11) is 3.47. The van der Waals surface area contributed by atoms with Gasteiger partial charge in [0.1, 0.15) is 5.82 Å². The van der Waals surface area contributed by atoms with E-state index in [0.29, 0.717) is 39.2 Å². The number of hydrogen-bond acceptors (Lipinski definition) is 6. The van der Waals surface area contributed by atoms with E-state index in [0.717, 1.165) is 23.0 Å². The van der Waals surface area contributed by atoms with Crippen LogP contribution in [0, 0.1) is 0 Å². The number of aryl methyl sites for hydroxylation is 1. The summed E-state index contributed by atoms with van der Waals surface area (Å²) in [6, 6.07) is 12.9. The van der Waals surface area contributed by atoms with Gasteiger partial charge in [0.25, 0.3) is 5.91 Å². The maximum absolute atomic E-state index is 13.3. The number of nitrogens with zero attached hydrogens (tertiary/aromatic N) is 6. The lowest BCUT2D eigenvalue weighted by Gasteiger charge is -2.24. The first-order chi connectivity index (χ1) is 17.5. The van der Waals surface area contributed by atoms with Crippen LogP contribution in [0.1, 0.15) is 34.6 Å². The summed E-state index contributed by atoms with van der Waals surface area (Å²) in [5, 5.41) is 14.1. The van der Waals surface area contributed by atoms with Crippen molar-refractivity contribution < 1.29 is 18.0 Å². The van der Waals surface area contributed by atoms with Crippen LogP contribution < -0.4 is 5.73 Å². The number of alkyl halides is 3. The summed E-state index contributed by atoms with van der Waals surface area (Å²) in [6.45, 7) is 1.82. The number of nitrogens with two attached hydrogens (primary N) is 1. The Kier molecular flexibility index (Phi) is 5.77. The Labute approximate surface area is 209 Å². The van der Waals surface area contributed by atoms with Crippen LogP contribution >= 0.6 is 0 Å². The third-order valence-corrected chi connectivity index (χ3v) is 6.48. The van der Waals surface area contributed by atoms with E-state index in [4.69, 9.17) is 5.73 Å². The van der Waals surface area contributed by atoms with Crippen molar-refractivity contribution >= 4 is 33.5 Å². The lowest BCUT2D eigenvalue weighted by Crippen LogP contribution is -2.30. The number of nitrogen functional groups attached to an aromatic ring is 1. The zero-order valence-electron chi connectivity index (χ0n) is 20.2. The Morgan fingerprint density at radius 1 is 1.03 bits per heavy atom. The first-order valence-corrected chi connectivity index (χ1v) is 11.3. The molecule has 188 valence electrons. The van der Waals surface area contributed by atoms with E-state index in [-0.39, 0.29) is 5.91 Å². The number of hydrogen-bond donors (Lipinski definition) is 1. The SMILES string of the molecule is C[C@H](c1ccc(-c2ccc(C(F)(F)F)cc2)nn1)N(C)C(=O)c1ccc2nc(N)c3cnn(C)c3c2c1. The lowest BCUT2D eigenvalue weighted by atomic mass is 10.1. The molecule has 0 aliphatic heterocycles. The summed E-state index contributed by atoms with van der Waals surface area (Å²) in [5.41, 5.74) is 8.72. The number of anilines is 1. The molecule has 1 atom stereocenters. The van der Waals surface area contributed by atoms with Crippen molar-refractivity contribution in [1.82, 2.24) is 29.9 Å². The minimum Gasteiger partial charge on any atom is -0.383 e. The predicted octanol–water partition coefficient (Wildman–Crippen LogP) is 5.01. The van der Waals surface area contributed by atoms with Crippen LogP contribution in [0.4, 0.5) is 19.0 Å². The quantitative estimate of drug-likeness (QED) is 0.368. The van der Waals surface area contributed by atoms with Crippen LogP contribution in [-0.4, -0.2) is 42.8 Å². The molecule has 0 aliphatic carbocycles. The second kappa shape index (κ2) is 8.84. The van der Waals surface area contributed by atoms with Gasteiger partial charge in [0, 0.05) is 30.6 Å². The zero-order valence-corrected chi connectivity index (χ0v) is 20.2. The van der Waals surface area contributed by atoms with Gasteiger partial charge in [-0.2, -0.15) is 28.5 Å². The van der Waals surface area contributed by atoms with Gasteiger partial charge < -0.3 is 10.6 Å². The molecule has 3 aromatic heterocycles. The molecule has 0 unspecified atom stereocenters. The fraction of sp³-hybridized carbons (Fsp3) is 0.192. The van der Waals surface area contributed by atoms with Crippen LogP contribution in [0.5, 0.6) is 0 Å². The second-order valence-electron chi connectivity index (χ2n) is 8.77. The Morgan fingerprint density at radius 3 is 2.41 bits per heavy atom. The highest BCUT2D eigenvalue weighted by atomic mass is 19.4. The summed E-state index contributed by atoms with van der Waals surface area (Å²) >= 11 is 0. The van der Waals surface area contributed by atoms with Gasteiger partial charge in [-0.25, -0.2) is 4.98 Å².